The second-order valence-corrected chi connectivity index (χ2v) is 4.90. The van der Waals surface area contributed by atoms with Crippen LogP contribution in [0.1, 0.15) is 12.0 Å². The van der Waals surface area contributed by atoms with Crippen LogP contribution in [0.5, 0.6) is 0 Å². The van der Waals surface area contributed by atoms with Gasteiger partial charge in [-0.25, -0.2) is 4.79 Å². The van der Waals surface area contributed by atoms with Crippen LogP contribution in [-0.2, 0) is 0 Å². The molecule has 2 atom stereocenters. The number of allylic oxidation sites excluding steroid dienone is 2. The summed E-state index contributed by atoms with van der Waals surface area (Å²) in [6.07, 6.45) is 8.36. The van der Waals surface area contributed by atoms with Crippen LogP contribution < -0.4 is 10.6 Å². The molecule has 1 heterocycles. The summed E-state index contributed by atoms with van der Waals surface area (Å²) in [6, 6.07) is 6.69. The monoisotopic (exact) mass is 269 g/mol. The summed E-state index contributed by atoms with van der Waals surface area (Å²) in [5.41, 5.74) is 7.56. The lowest BCUT2D eigenvalue weighted by Gasteiger charge is -2.32. The summed E-state index contributed by atoms with van der Waals surface area (Å²) in [5, 5.41) is 12.7. The van der Waals surface area contributed by atoms with Crippen molar-refractivity contribution in [2.75, 3.05) is 4.90 Å². The molecule has 5 nitrogen and oxygen atoms in total. The van der Waals surface area contributed by atoms with Crippen molar-refractivity contribution in [2.24, 2.45) is 16.8 Å². The van der Waals surface area contributed by atoms with Gasteiger partial charge in [0, 0.05) is 17.9 Å². The van der Waals surface area contributed by atoms with Crippen LogP contribution in [-0.4, -0.2) is 23.0 Å². The summed E-state index contributed by atoms with van der Waals surface area (Å²) < 4.78 is 0. The quantitative estimate of drug-likeness (QED) is 0.559. The lowest BCUT2D eigenvalue weighted by atomic mass is 9.90. The maximum Gasteiger partial charge on any atom is 0.319 e. The number of amides is 2. The highest BCUT2D eigenvalue weighted by Gasteiger charge is 2.35. The Labute approximate surface area is 116 Å². The molecule has 0 fully saturated rings. The molecule has 20 heavy (non-hydrogen) atoms. The minimum absolute atomic E-state index is 0.0470. The third kappa shape index (κ3) is 1.87. The zero-order chi connectivity index (χ0) is 14.1. The van der Waals surface area contributed by atoms with Crippen LogP contribution >= 0.6 is 0 Å². The van der Waals surface area contributed by atoms with Gasteiger partial charge in [0.15, 0.2) is 0 Å². The fraction of sp³-hybridized carbons (Fsp3) is 0.200. The lowest BCUT2D eigenvalue weighted by Crippen LogP contribution is -2.46. The van der Waals surface area contributed by atoms with Gasteiger partial charge in [-0.3, -0.25) is 4.90 Å². The second-order valence-electron chi connectivity index (χ2n) is 4.90. The second kappa shape index (κ2) is 4.85. The number of nitrogens with two attached hydrogens (primary N) is 1. The number of carbonyl (C=O) groups is 1. The van der Waals surface area contributed by atoms with Crippen molar-refractivity contribution in [3.63, 3.8) is 0 Å². The number of hydrogen-bond donors (Lipinski definition) is 2. The number of rotatable bonds is 0. The lowest BCUT2D eigenvalue weighted by molar-refractivity contribution is 0.251. The molecular weight excluding hydrogens is 254 g/mol. The van der Waals surface area contributed by atoms with E-state index in [4.69, 9.17) is 5.73 Å². The normalized spacial score (nSPS) is 26.0. The van der Waals surface area contributed by atoms with Gasteiger partial charge in [-0.05, 0) is 6.07 Å². The molecule has 0 radical (unpaired) electrons. The number of anilines is 1. The number of para-hydroxylation sites is 1. The maximum absolute atomic E-state index is 11.9. The Balaban J connectivity index is 2.21. The molecule has 102 valence electrons. The first-order valence-electron chi connectivity index (χ1n) is 6.46. The molecule has 5 heteroatoms. The number of fused-ring (bicyclic) bond motifs is 2. The minimum atomic E-state index is -0.508. The Bertz CT molecular complexity index is 634. The van der Waals surface area contributed by atoms with Crippen LogP contribution in [0, 0.1) is 5.92 Å². The molecule has 1 aliphatic carbocycles. The molecule has 0 saturated carbocycles. The highest BCUT2D eigenvalue weighted by molar-refractivity contribution is 6.09. The SMILES string of the molecule is NC(=O)N1c2ccccc2C(=NO)CC2C=CC=CC21. The average Bonchev–Trinajstić information content (AvgIpc) is 2.61. The van der Waals surface area contributed by atoms with Gasteiger partial charge < -0.3 is 10.9 Å². The van der Waals surface area contributed by atoms with Crippen molar-refractivity contribution in [3.05, 3.63) is 54.1 Å². The van der Waals surface area contributed by atoms with Gasteiger partial charge in [-0.15, -0.1) is 0 Å². The summed E-state index contributed by atoms with van der Waals surface area (Å²) in [4.78, 5) is 13.5. The van der Waals surface area contributed by atoms with E-state index in [1.807, 2.05) is 48.6 Å². The molecule has 2 aliphatic rings. The fourth-order valence-corrected chi connectivity index (χ4v) is 2.89. The van der Waals surface area contributed by atoms with Gasteiger partial charge in [-0.2, -0.15) is 0 Å². The van der Waals surface area contributed by atoms with E-state index >= 15 is 0 Å². The molecular formula is C15H15N3O2. The van der Waals surface area contributed by atoms with E-state index in [-0.39, 0.29) is 12.0 Å². The van der Waals surface area contributed by atoms with E-state index in [9.17, 15) is 10.0 Å². The Kier molecular flexibility index (Phi) is 3.02. The number of primary amides is 1. The first-order valence-corrected chi connectivity index (χ1v) is 6.46. The Morgan fingerprint density at radius 1 is 1.30 bits per heavy atom. The van der Waals surface area contributed by atoms with Crippen molar-refractivity contribution >= 4 is 17.4 Å². The van der Waals surface area contributed by atoms with E-state index in [0.29, 0.717) is 17.8 Å². The molecule has 3 N–H and O–H groups in total. The Morgan fingerprint density at radius 3 is 2.80 bits per heavy atom. The summed E-state index contributed by atoms with van der Waals surface area (Å²) >= 11 is 0. The largest absolute Gasteiger partial charge is 0.411 e. The standard InChI is InChI=1S/C15H15N3O2/c16-15(19)18-13-7-3-1-5-10(13)9-12(17-20)11-6-2-4-8-14(11)18/h1-8,10,13,20H,9H2,(H2,16,19). The van der Waals surface area contributed by atoms with Crippen molar-refractivity contribution < 1.29 is 10.0 Å². The van der Waals surface area contributed by atoms with E-state index in [1.54, 1.807) is 4.90 Å². The molecule has 0 saturated heterocycles. The fourth-order valence-electron chi connectivity index (χ4n) is 2.89. The minimum Gasteiger partial charge on any atom is -0.411 e. The number of urea groups is 1. The molecule has 1 aromatic rings. The number of benzene rings is 1. The molecule has 2 amide bonds. The van der Waals surface area contributed by atoms with Crippen molar-refractivity contribution in [2.45, 2.75) is 12.5 Å². The smallest absolute Gasteiger partial charge is 0.319 e. The predicted molar refractivity (Wildman–Crippen MR) is 77.0 cm³/mol. The molecule has 1 aliphatic heterocycles. The van der Waals surface area contributed by atoms with Crippen LogP contribution in [0.2, 0.25) is 0 Å². The number of oxime groups is 1. The van der Waals surface area contributed by atoms with Gasteiger partial charge in [0.05, 0.1) is 17.4 Å². The molecule has 0 spiro atoms. The highest BCUT2D eigenvalue weighted by atomic mass is 16.4. The summed E-state index contributed by atoms with van der Waals surface area (Å²) in [6.45, 7) is 0. The highest BCUT2D eigenvalue weighted by Crippen LogP contribution is 2.35. The Hall–Kier alpha value is -2.56. The molecule has 2 unspecified atom stereocenters. The van der Waals surface area contributed by atoms with Gasteiger partial charge in [-0.1, -0.05) is 47.7 Å². The zero-order valence-corrected chi connectivity index (χ0v) is 10.8. The number of hydrogen-bond acceptors (Lipinski definition) is 3. The van der Waals surface area contributed by atoms with Crippen LogP contribution in [0.25, 0.3) is 0 Å². The van der Waals surface area contributed by atoms with Gasteiger partial charge in [0.2, 0.25) is 0 Å². The summed E-state index contributed by atoms with van der Waals surface area (Å²) in [5.74, 6) is 0.0470. The maximum atomic E-state index is 11.9. The van der Waals surface area contributed by atoms with Gasteiger partial charge in [0.1, 0.15) is 0 Å². The first-order chi connectivity index (χ1) is 9.72. The van der Waals surface area contributed by atoms with E-state index < -0.39 is 6.03 Å². The van der Waals surface area contributed by atoms with Crippen LogP contribution in [0.15, 0.2) is 53.7 Å². The van der Waals surface area contributed by atoms with Crippen molar-refractivity contribution in [3.8, 4) is 0 Å². The van der Waals surface area contributed by atoms with Crippen molar-refractivity contribution in [1.29, 1.82) is 0 Å². The van der Waals surface area contributed by atoms with Crippen LogP contribution in [0.3, 0.4) is 0 Å². The van der Waals surface area contributed by atoms with E-state index in [0.717, 1.165) is 5.56 Å². The number of nitrogens with zero attached hydrogens (tertiary/aromatic N) is 2. The van der Waals surface area contributed by atoms with Crippen molar-refractivity contribution in [1.82, 2.24) is 0 Å². The molecule has 3 rings (SSSR count). The molecule has 0 bridgehead atoms. The Morgan fingerprint density at radius 2 is 2.05 bits per heavy atom. The van der Waals surface area contributed by atoms with Gasteiger partial charge in [0.25, 0.3) is 0 Å². The molecule has 1 aromatic carbocycles. The zero-order valence-electron chi connectivity index (χ0n) is 10.8. The predicted octanol–water partition coefficient (Wildman–Crippen LogP) is 2.26. The van der Waals surface area contributed by atoms with Crippen LogP contribution in [0.4, 0.5) is 10.5 Å². The number of carbonyl (C=O) groups excluding carboxylic acids is 1. The molecule has 0 aromatic heterocycles. The summed E-state index contributed by atoms with van der Waals surface area (Å²) in [7, 11) is 0. The van der Waals surface area contributed by atoms with Gasteiger partial charge >= 0.3 is 6.03 Å². The third-order valence-corrected chi connectivity index (χ3v) is 3.78. The topological polar surface area (TPSA) is 78.9 Å². The first kappa shape index (κ1) is 12.5. The average molecular weight is 269 g/mol. The van der Waals surface area contributed by atoms with E-state index in [2.05, 4.69) is 5.16 Å². The van der Waals surface area contributed by atoms with E-state index in [1.165, 1.54) is 0 Å². The third-order valence-electron chi connectivity index (χ3n) is 3.78.